The number of aliphatic hydroxyl groups is 1. The smallest absolute Gasteiger partial charge is 0.368 e. The highest BCUT2D eigenvalue weighted by molar-refractivity contribution is 7.98. The molecule has 28 heavy (non-hydrogen) atoms. The van der Waals surface area contributed by atoms with Crippen molar-refractivity contribution >= 4 is 11.8 Å². The number of alkyl halides is 9. The summed E-state index contributed by atoms with van der Waals surface area (Å²) >= 11 is 1.74. The zero-order valence-corrected chi connectivity index (χ0v) is 16.1. The normalized spacial score (nSPS) is 15.1. The molecule has 0 bridgehead atoms. The molecule has 12 heteroatoms. The van der Waals surface area contributed by atoms with Crippen molar-refractivity contribution in [1.82, 2.24) is 0 Å². The first-order chi connectivity index (χ1) is 12.7. The third-order valence-electron chi connectivity index (χ3n) is 4.06. The summed E-state index contributed by atoms with van der Waals surface area (Å²) in [5, 5.41) is 9.27. The van der Waals surface area contributed by atoms with Gasteiger partial charge in [-0.2, -0.15) is 51.3 Å². The molecule has 0 saturated carbocycles. The van der Waals surface area contributed by atoms with Crippen molar-refractivity contribution in [3.8, 4) is 0 Å². The number of ether oxygens (including phenoxy) is 1. The molecule has 0 aromatic carbocycles. The molecule has 0 fully saturated rings. The van der Waals surface area contributed by atoms with Crippen molar-refractivity contribution < 1.29 is 49.4 Å². The van der Waals surface area contributed by atoms with Gasteiger partial charge in [-0.05, 0) is 31.3 Å². The third kappa shape index (κ3) is 8.17. The Hall–Kier alpha value is -0.360. The summed E-state index contributed by atoms with van der Waals surface area (Å²) in [6.45, 7) is 0. The van der Waals surface area contributed by atoms with Crippen molar-refractivity contribution in [1.29, 1.82) is 0 Å². The number of thioether (sulfide) groups is 1. The van der Waals surface area contributed by atoms with Crippen LogP contribution in [0.4, 0.5) is 39.5 Å². The minimum absolute atomic E-state index is 0.0582. The first kappa shape index (κ1) is 27.6. The largest absolute Gasteiger partial charge is 0.435 e. The zero-order valence-electron chi connectivity index (χ0n) is 15.3. The summed E-state index contributed by atoms with van der Waals surface area (Å²) in [7, 11) is 0. The number of hydrogen-bond donors (Lipinski definition) is 1. The number of unbranched alkanes of at least 4 members (excludes halogenated alkanes) is 7. The second-order valence-corrected chi connectivity index (χ2v) is 7.34. The Kier molecular flexibility index (Phi) is 11.6. The Morgan fingerprint density at radius 1 is 0.679 bits per heavy atom. The molecule has 0 heterocycles. The fourth-order valence-electron chi connectivity index (χ4n) is 2.57. The Balaban J connectivity index is 4.51. The van der Waals surface area contributed by atoms with Gasteiger partial charge in [-0.3, -0.25) is 0 Å². The van der Waals surface area contributed by atoms with Crippen LogP contribution in [0.15, 0.2) is 0 Å². The lowest BCUT2D eigenvalue weighted by atomic mass is 10.0. The highest BCUT2D eigenvalue weighted by atomic mass is 32.2. The summed E-state index contributed by atoms with van der Waals surface area (Å²) in [5.74, 6) is 1.06. The van der Waals surface area contributed by atoms with E-state index >= 15 is 0 Å². The molecule has 0 aromatic rings. The molecule has 0 saturated heterocycles. The van der Waals surface area contributed by atoms with Crippen LogP contribution in [0.2, 0.25) is 0 Å². The van der Waals surface area contributed by atoms with Gasteiger partial charge < -0.3 is 9.84 Å². The van der Waals surface area contributed by atoms with Gasteiger partial charge in [0.25, 0.3) is 0 Å². The van der Waals surface area contributed by atoms with Gasteiger partial charge in [0.15, 0.2) is 6.29 Å². The second kappa shape index (κ2) is 11.7. The van der Waals surface area contributed by atoms with E-state index in [0.29, 0.717) is 12.8 Å². The molecule has 0 amide bonds. The van der Waals surface area contributed by atoms with Crippen molar-refractivity contribution in [2.75, 3.05) is 12.0 Å². The summed E-state index contributed by atoms with van der Waals surface area (Å²) in [5.41, 5.74) is -6.43. The lowest BCUT2D eigenvalue weighted by Gasteiger charge is -2.39. The molecular formula is C16H25F9O2S. The quantitative estimate of drug-likeness (QED) is 0.193. The van der Waals surface area contributed by atoms with Crippen LogP contribution < -0.4 is 0 Å². The Bertz CT molecular complexity index is 386. The standard InChI is InChI=1S/C16H25F9O2S/c1-28-11-9-7-5-3-2-4-6-8-10-12(26)27-13(14(17,18)19,15(20,21)22)16(23,24)25/h12,26H,2-11H2,1H3. The molecule has 2 nitrogen and oxygen atoms in total. The summed E-state index contributed by atoms with van der Waals surface area (Å²) in [6.07, 6.45) is -16.4. The van der Waals surface area contributed by atoms with Crippen molar-refractivity contribution in [3.05, 3.63) is 0 Å². The fourth-order valence-corrected chi connectivity index (χ4v) is 3.06. The summed E-state index contributed by atoms with van der Waals surface area (Å²) in [6, 6.07) is 0. The third-order valence-corrected chi connectivity index (χ3v) is 4.76. The molecule has 1 atom stereocenters. The summed E-state index contributed by atoms with van der Waals surface area (Å²) in [4.78, 5) is 0. The maximum Gasteiger partial charge on any atom is 0.435 e. The van der Waals surface area contributed by atoms with Crippen LogP contribution in [0, 0.1) is 0 Å². The van der Waals surface area contributed by atoms with E-state index in [1.165, 1.54) is 0 Å². The average molecular weight is 452 g/mol. The van der Waals surface area contributed by atoms with Crippen molar-refractivity contribution in [2.24, 2.45) is 0 Å². The molecule has 1 unspecified atom stereocenters. The average Bonchev–Trinajstić information content (AvgIpc) is 2.50. The van der Waals surface area contributed by atoms with Crippen LogP contribution in [-0.2, 0) is 4.74 Å². The van der Waals surface area contributed by atoms with E-state index in [1.807, 2.05) is 6.26 Å². The van der Waals surface area contributed by atoms with Gasteiger partial charge in [-0.15, -0.1) is 0 Å². The molecule has 0 radical (unpaired) electrons. The van der Waals surface area contributed by atoms with Crippen LogP contribution in [-0.4, -0.2) is 47.5 Å². The predicted molar refractivity (Wildman–Crippen MR) is 87.9 cm³/mol. The van der Waals surface area contributed by atoms with E-state index in [1.54, 1.807) is 11.8 Å². The molecule has 0 rings (SSSR count). The van der Waals surface area contributed by atoms with Crippen LogP contribution in [0.1, 0.15) is 57.8 Å². The van der Waals surface area contributed by atoms with Crippen molar-refractivity contribution in [3.63, 3.8) is 0 Å². The van der Waals surface area contributed by atoms with Crippen molar-refractivity contribution in [2.45, 2.75) is 88.2 Å². The topological polar surface area (TPSA) is 29.5 Å². The monoisotopic (exact) mass is 452 g/mol. The van der Waals surface area contributed by atoms with Gasteiger partial charge >= 0.3 is 24.1 Å². The van der Waals surface area contributed by atoms with E-state index in [2.05, 4.69) is 4.74 Å². The lowest BCUT2D eigenvalue weighted by Crippen LogP contribution is -2.68. The Morgan fingerprint density at radius 3 is 1.39 bits per heavy atom. The van der Waals surface area contributed by atoms with Gasteiger partial charge in [0.2, 0.25) is 0 Å². The Labute approximate surface area is 162 Å². The highest BCUT2D eigenvalue weighted by Crippen LogP contribution is 2.55. The van der Waals surface area contributed by atoms with Gasteiger partial charge in [-0.25, -0.2) is 0 Å². The number of hydrogen-bond acceptors (Lipinski definition) is 3. The van der Waals surface area contributed by atoms with E-state index in [9.17, 15) is 44.6 Å². The van der Waals surface area contributed by atoms with Crippen LogP contribution in [0.5, 0.6) is 0 Å². The molecule has 170 valence electrons. The van der Waals surface area contributed by atoms with E-state index in [-0.39, 0.29) is 6.42 Å². The minimum Gasteiger partial charge on any atom is -0.368 e. The van der Waals surface area contributed by atoms with Crippen LogP contribution >= 0.6 is 11.8 Å². The van der Waals surface area contributed by atoms with Crippen LogP contribution in [0.3, 0.4) is 0 Å². The van der Waals surface area contributed by atoms with Gasteiger partial charge in [0.1, 0.15) is 0 Å². The number of rotatable bonds is 13. The van der Waals surface area contributed by atoms with Gasteiger partial charge in [-0.1, -0.05) is 38.5 Å². The highest BCUT2D eigenvalue weighted by Gasteiger charge is 2.86. The maximum atomic E-state index is 12.7. The summed E-state index contributed by atoms with van der Waals surface area (Å²) < 4.78 is 117. The number of aliphatic hydroxyl groups excluding tert-OH is 1. The fraction of sp³-hybridized carbons (Fsp3) is 1.00. The second-order valence-electron chi connectivity index (χ2n) is 6.36. The van der Waals surface area contributed by atoms with Gasteiger partial charge in [0, 0.05) is 0 Å². The van der Waals surface area contributed by atoms with E-state index in [0.717, 1.165) is 37.9 Å². The van der Waals surface area contributed by atoms with Gasteiger partial charge in [0.05, 0.1) is 0 Å². The maximum absolute atomic E-state index is 12.7. The predicted octanol–water partition coefficient (Wildman–Crippen LogP) is 6.62. The Morgan fingerprint density at radius 2 is 1.04 bits per heavy atom. The minimum atomic E-state index is -6.83. The molecule has 0 aliphatic carbocycles. The van der Waals surface area contributed by atoms with E-state index < -0.39 is 36.8 Å². The van der Waals surface area contributed by atoms with E-state index in [4.69, 9.17) is 0 Å². The first-order valence-electron chi connectivity index (χ1n) is 8.75. The molecule has 0 aliphatic heterocycles. The molecule has 0 spiro atoms. The first-order valence-corrected chi connectivity index (χ1v) is 10.1. The zero-order chi connectivity index (χ0) is 22.1. The molecule has 1 N–H and O–H groups in total. The molecule has 0 aliphatic rings. The molecular weight excluding hydrogens is 427 g/mol. The lowest BCUT2D eigenvalue weighted by molar-refractivity contribution is -0.475. The SMILES string of the molecule is CSCCCCCCCCCCC(O)OC(C(F)(F)F)(C(F)(F)F)C(F)(F)F. The molecule has 0 aromatic heterocycles. The number of halogens is 9. The van der Waals surface area contributed by atoms with Crippen LogP contribution in [0.25, 0.3) is 0 Å².